The monoisotopic (exact) mass is 279 g/mol. The normalized spacial score (nSPS) is 18.9. The van der Waals surface area contributed by atoms with E-state index in [1.165, 1.54) is 12.7 Å². The molecule has 4 heteroatoms. The molecule has 0 radical (unpaired) electrons. The van der Waals surface area contributed by atoms with E-state index in [1.54, 1.807) is 11.0 Å². The van der Waals surface area contributed by atoms with Crippen LogP contribution in [0.4, 0.5) is 0 Å². The van der Waals surface area contributed by atoms with Crippen LogP contribution in [-0.4, -0.2) is 36.5 Å². The summed E-state index contributed by atoms with van der Waals surface area (Å²) in [5, 5.41) is 0. The molecule has 1 aliphatic heterocycles. The number of amides is 1. The third-order valence-corrected chi connectivity index (χ3v) is 3.47. The zero-order chi connectivity index (χ0) is 15.1. The van der Waals surface area contributed by atoms with Crippen molar-refractivity contribution < 1.29 is 14.3 Å². The number of carbonyl (C=O) groups excluding carboxylic acids is 2. The SMILES string of the molecule is COC(=O)C1CCCN1C(=O)C=C(C)CCC=C(C)C. The Balaban J connectivity index is 2.60. The lowest BCUT2D eigenvalue weighted by molar-refractivity contribution is -0.149. The molecule has 1 saturated heterocycles. The van der Waals surface area contributed by atoms with Crippen LogP contribution in [0.3, 0.4) is 0 Å². The van der Waals surface area contributed by atoms with Gasteiger partial charge in [0.15, 0.2) is 0 Å². The Hall–Kier alpha value is -1.58. The van der Waals surface area contributed by atoms with E-state index in [4.69, 9.17) is 4.74 Å². The molecule has 1 amide bonds. The molecular formula is C16H25NO3. The van der Waals surface area contributed by atoms with Gasteiger partial charge in [-0.25, -0.2) is 4.79 Å². The Kier molecular flexibility index (Phi) is 6.49. The second-order valence-corrected chi connectivity index (χ2v) is 5.52. The summed E-state index contributed by atoms with van der Waals surface area (Å²) in [6.45, 7) is 6.72. The minimum Gasteiger partial charge on any atom is -0.467 e. The quantitative estimate of drug-likeness (QED) is 0.441. The average Bonchev–Trinajstić information content (AvgIpc) is 2.86. The summed E-state index contributed by atoms with van der Waals surface area (Å²) in [6, 6.07) is -0.408. The number of likely N-dealkylation sites (tertiary alicyclic amines) is 1. The lowest BCUT2D eigenvalue weighted by Crippen LogP contribution is -2.40. The van der Waals surface area contributed by atoms with Gasteiger partial charge in [-0.05, 0) is 46.5 Å². The molecule has 1 rings (SSSR count). The largest absolute Gasteiger partial charge is 0.467 e. The van der Waals surface area contributed by atoms with Gasteiger partial charge in [0, 0.05) is 12.6 Å². The van der Waals surface area contributed by atoms with E-state index in [0.29, 0.717) is 13.0 Å². The first kappa shape index (κ1) is 16.5. The topological polar surface area (TPSA) is 46.6 Å². The molecule has 0 aromatic carbocycles. The van der Waals surface area contributed by atoms with Gasteiger partial charge in [0.2, 0.25) is 5.91 Å². The molecule has 0 N–H and O–H groups in total. The molecule has 0 aliphatic carbocycles. The molecule has 1 fully saturated rings. The zero-order valence-electron chi connectivity index (χ0n) is 12.9. The van der Waals surface area contributed by atoms with Crippen LogP contribution < -0.4 is 0 Å². The van der Waals surface area contributed by atoms with Crippen molar-refractivity contribution in [2.45, 2.75) is 52.5 Å². The average molecular weight is 279 g/mol. The molecule has 0 saturated carbocycles. The molecular weight excluding hydrogens is 254 g/mol. The smallest absolute Gasteiger partial charge is 0.328 e. The van der Waals surface area contributed by atoms with Gasteiger partial charge in [-0.15, -0.1) is 0 Å². The number of allylic oxidation sites excluding steroid dienone is 3. The molecule has 1 aliphatic rings. The highest BCUT2D eigenvalue weighted by Crippen LogP contribution is 2.19. The number of carbonyl (C=O) groups is 2. The van der Waals surface area contributed by atoms with E-state index < -0.39 is 6.04 Å². The van der Waals surface area contributed by atoms with Gasteiger partial charge >= 0.3 is 5.97 Å². The highest BCUT2D eigenvalue weighted by Gasteiger charge is 2.33. The fraction of sp³-hybridized carbons (Fsp3) is 0.625. The second-order valence-electron chi connectivity index (χ2n) is 5.52. The van der Waals surface area contributed by atoms with Gasteiger partial charge in [0.05, 0.1) is 7.11 Å². The second kappa shape index (κ2) is 7.88. The molecule has 0 aromatic rings. The highest BCUT2D eigenvalue weighted by atomic mass is 16.5. The van der Waals surface area contributed by atoms with Crippen molar-refractivity contribution in [3.8, 4) is 0 Å². The van der Waals surface area contributed by atoms with E-state index >= 15 is 0 Å². The zero-order valence-corrected chi connectivity index (χ0v) is 12.9. The van der Waals surface area contributed by atoms with Gasteiger partial charge in [0.25, 0.3) is 0 Å². The highest BCUT2D eigenvalue weighted by molar-refractivity contribution is 5.92. The molecule has 1 unspecified atom stereocenters. The van der Waals surface area contributed by atoms with Crippen LogP contribution in [0.1, 0.15) is 46.5 Å². The molecule has 112 valence electrons. The van der Waals surface area contributed by atoms with Crippen LogP contribution in [0.2, 0.25) is 0 Å². The van der Waals surface area contributed by atoms with Crippen molar-refractivity contribution >= 4 is 11.9 Å². The number of rotatable bonds is 5. The Bertz CT molecular complexity index is 419. The van der Waals surface area contributed by atoms with Crippen LogP contribution in [0.15, 0.2) is 23.3 Å². The van der Waals surface area contributed by atoms with Crippen LogP contribution >= 0.6 is 0 Å². The van der Waals surface area contributed by atoms with E-state index in [-0.39, 0.29) is 11.9 Å². The molecule has 20 heavy (non-hydrogen) atoms. The predicted molar refractivity (Wildman–Crippen MR) is 79.2 cm³/mol. The van der Waals surface area contributed by atoms with Crippen molar-refractivity contribution in [2.24, 2.45) is 0 Å². The molecule has 0 bridgehead atoms. The minimum atomic E-state index is -0.408. The number of nitrogens with zero attached hydrogens (tertiary/aromatic N) is 1. The summed E-state index contributed by atoms with van der Waals surface area (Å²) >= 11 is 0. The predicted octanol–water partition coefficient (Wildman–Crippen LogP) is 2.84. The summed E-state index contributed by atoms with van der Waals surface area (Å²) in [4.78, 5) is 25.4. The number of hydrogen-bond acceptors (Lipinski definition) is 3. The number of methoxy groups -OCH3 is 1. The number of ether oxygens (including phenoxy) is 1. The van der Waals surface area contributed by atoms with Crippen LogP contribution in [0.25, 0.3) is 0 Å². The lowest BCUT2D eigenvalue weighted by atomic mass is 10.1. The lowest BCUT2D eigenvalue weighted by Gasteiger charge is -2.21. The molecule has 4 nitrogen and oxygen atoms in total. The van der Waals surface area contributed by atoms with E-state index in [0.717, 1.165) is 24.8 Å². The summed E-state index contributed by atoms with van der Waals surface area (Å²) in [5.74, 6) is -0.390. The van der Waals surface area contributed by atoms with Crippen molar-refractivity contribution in [3.05, 3.63) is 23.3 Å². The molecule has 1 heterocycles. The third-order valence-electron chi connectivity index (χ3n) is 3.47. The number of esters is 1. The van der Waals surface area contributed by atoms with Crippen LogP contribution in [-0.2, 0) is 14.3 Å². The van der Waals surface area contributed by atoms with Gasteiger partial charge in [-0.2, -0.15) is 0 Å². The van der Waals surface area contributed by atoms with Crippen LogP contribution in [0.5, 0.6) is 0 Å². The van der Waals surface area contributed by atoms with Crippen molar-refractivity contribution in [1.29, 1.82) is 0 Å². The minimum absolute atomic E-state index is 0.0763. The maximum Gasteiger partial charge on any atom is 0.328 e. The van der Waals surface area contributed by atoms with Gasteiger partial charge in [-0.3, -0.25) is 4.79 Å². The van der Waals surface area contributed by atoms with Crippen molar-refractivity contribution in [1.82, 2.24) is 4.90 Å². The molecule has 1 atom stereocenters. The van der Waals surface area contributed by atoms with Crippen LogP contribution in [0, 0.1) is 0 Å². The third kappa shape index (κ3) is 4.83. The first-order valence-electron chi connectivity index (χ1n) is 7.14. The molecule has 0 spiro atoms. The Labute approximate surface area is 121 Å². The summed E-state index contributed by atoms with van der Waals surface area (Å²) in [6.07, 6.45) is 7.18. The Morgan fingerprint density at radius 2 is 2.00 bits per heavy atom. The Morgan fingerprint density at radius 1 is 1.30 bits per heavy atom. The molecule has 0 aromatic heterocycles. The maximum atomic E-state index is 12.2. The standard InChI is InChI=1S/C16H25NO3/c1-12(2)7-5-8-13(3)11-15(18)17-10-6-9-14(17)16(19)20-4/h7,11,14H,5-6,8-10H2,1-4H3. The summed E-state index contributed by atoms with van der Waals surface area (Å²) in [7, 11) is 1.36. The fourth-order valence-corrected chi connectivity index (χ4v) is 2.37. The van der Waals surface area contributed by atoms with E-state index in [9.17, 15) is 9.59 Å². The fourth-order valence-electron chi connectivity index (χ4n) is 2.37. The van der Waals surface area contributed by atoms with E-state index in [1.807, 2.05) is 6.92 Å². The van der Waals surface area contributed by atoms with Gasteiger partial charge in [0.1, 0.15) is 6.04 Å². The van der Waals surface area contributed by atoms with Gasteiger partial charge in [-0.1, -0.05) is 17.2 Å². The Morgan fingerprint density at radius 3 is 2.60 bits per heavy atom. The van der Waals surface area contributed by atoms with E-state index in [2.05, 4.69) is 19.9 Å². The first-order chi connectivity index (χ1) is 9.45. The maximum absolute atomic E-state index is 12.2. The van der Waals surface area contributed by atoms with Crippen molar-refractivity contribution in [2.75, 3.05) is 13.7 Å². The number of hydrogen-bond donors (Lipinski definition) is 0. The van der Waals surface area contributed by atoms with Gasteiger partial charge < -0.3 is 9.64 Å². The summed E-state index contributed by atoms with van der Waals surface area (Å²) < 4.78 is 4.75. The summed E-state index contributed by atoms with van der Waals surface area (Å²) in [5.41, 5.74) is 2.33. The van der Waals surface area contributed by atoms with Crippen molar-refractivity contribution in [3.63, 3.8) is 0 Å². The first-order valence-corrected chi connectivity index (χ1v) is 7.14.